The maximum Gasteiger partial charge on any atom is 0.335 e. The number of rotatable bonds is 11. The number of methoxy groups -OCH3 is 1. The van der Waals surface area contributed by atoms with Gasteiger partial charge in [-0.15, -0.1) is 0 Å². The molecule has 0 aromatic heterocycles. The maximum absolute atomic E-state index is 13.4. The van der Waals surface area contributed by atoms with Gasteiger partial charge in [-0.3, -0.25) is 4.79 Å². The van der Waals surface area contributed by atoms with E-state index in [0.29, 0.717) is 40.6 Å². The third-order valence-corrected chi connectivity index (χ3v) is 6.00. The van der Waals surface area contributed by atoms with Crippen LogP contribution < -0.4 is 25.8 Å². The summed E-state index contributed by atoms with van der Waals surface area (Å²) in [5.41, 5.74) is 8.44. The van der Waals surface area contributed by atoms with Crippen molar-refractivity contribution >= 4 is 23.4 Å². The summed E-state index contributed by atoms with van der Waals surface area (Å²) in [6.07, 6.45) is 0. The fourth-order valence-electron chi connectivity index (χ4n) is 3.92. The monoisotopic (exact) mass is 540 g/mol. The molecule has 204 valence electrons. The van der Waals surface area contributed by atoms with Gasteiger partial charge in [0.15, 0.2) is 17.3 Å². The number of hydrogen-bond donors (Lipinski definition) is 5. The number of carboxylic acids is 1. The number of amidine groups is 1. The second-order valence-electron chi connectivity index (χ2n) is 8.69. The molecule has 10 heteroatoms. The summed E-state index contributed by atoms with van der Waals surface area (Å²) in [5, 5.41) is 27.4. The Kier molecular flexibility index (Phi) is 8.83. The number of aromatic carboxylic acids is 1. The minimum Gasteiger partial charge on any atom is -0.493 e. The summed E-state index contributed by atoms with van der Waals surface area (Å²) in [7, 11) is 1.48. The molecule has 0 bridgehead atoms. The van der Waals surface area contributed by atoms with Crippen molar-refractivity contribution in [1.29, 1.82) is 0 Å². The number of carboxylic acid groups (broad SMARTS) is 1. The van der Waals surface area contributed by atoms with Crippen molar-refractivity contribution in [3.05, 3.63) is 119 Å². The van der Waals surface area contributed by atoms with Gasteiger partial charge >= 0.3 is 5.97 Å². The fraction of sp³-hybridized carbons (Fsp3) is 0.100. The predicted octanol–water partition coefficient (Wildman–Crippen LogP) is 4.75. The standard InChI is InChI=1S/C30H28N4O6/c1-39-26-17-21(12-15-25(26)40-24-9-5-8-22(16-24)30(36)37)27(29(35)32-18-19-6-3-2-4-7-19)33-23-13-10-20(11-14-23)28(31)34-38/h2-17,27,33,38H,18H2,1H3,(H2,31,34)(H,32,35)(H,36,37). The Morgan fingerprint density at radius 1 is 0.900 bits per heavy atom. The van der Waals surface area contributed by atoms with E-state index in [1.165, 1.54) is 19.2 Å². The second-order valence-corrected chi connectivity index (χ2v) is 8.69. The number of amides is 1. The Bertz CT molecular complexity index is 1510. The molecule has 0 heterocycles. The van der Waals surface area contributed by atoms with Crippen molar-refractivity contribution in [2.24, 2.45) is 10.9 Å². The van der Waals surface area contributed by atoms with Crippen LogP contribution in [-0.4, -0.2) is 35.1 Å². The van der Waals surface area contributed by atoms with Gasteiger partial charge in [0, 0.05) is 17.8 Å². The number of oxime groups is 1. The highest BCUT2D eigenvalue weighted by molar-refractivity contribution is 5.97. The van der Waals surface area contributed by atoms with Gasteiger partial charge in [0.05, 0.1) is 12.7 Å². The second kappa shape index (κ2) is 12.8. The number of ether oxygens (including phenoxy) is 2. The first-order valence-electron chi connectivity index (χ1n) is 12.2. The van der Waals surface area contributed by atoms with Gasteiger partial charge in [0.25, 0.3) is 0 Å². The van der Waals surface area contributed by atoms with E-state index in [1.54, 1.807) is 54.6 Å². The van der Waals surface area contributed by atoms with Crippen LogP contribution in [0.25, 0.3) is 0 Å². The molecule has 0 saturated carbocycles. The highest BCUT2D eigenvalue weighted by Crippen LogP contribution is 2.35. The van der Waals surface area contributed by atoms with Crippen molar-refractivity contribution in [3.63, 3.8) is 0 Å². The zero-order valence-corrected chi connectivity index (χ0v) is 21.6. The van der Waals surface area contributed by atoms with Crippen molar-refractivity contribution in [1.82, 2.24) is 5.32 Å². The van der Waals surface area contributed by atoms with E-state index in [-0.39, 0.29) is 17.3 Å². The van der Waals surface area contributed by atoms with E-state index in [0.717, 1.165) is 5.56 Å². The first-order valence-corrected chi connectivity index (χ1v) is 12.2. The zero-order chi connectivity index (χ0) is 28.5. The van der Waals surface area contributed by atoms with Gasteiger partial charge in [-0.1, -0.05) is 47.6 Å². The molecule has 4 rings (SSSR count). The minimum atomic E-state index is -1.07. The molecular weight excluding hydrogens is 512 g/mol. The lowest BCUT2D eigenvalue weighted by molar-refractivity contribution is -0.122. The lowest BCUT2D eigenvalue weighted by Crippen LogP contribution is -2.33. The van der Waals surface area contributed by atoms with Crippen molar-refractivity contribution in [2.75, 3.05) is 12.4 Å². The molecule has 1 amide bonds. The highest BCUT2D eigenvalue weighted by atomic mass is 16.5. The summed E-state index contributed by atoms with van der Waals surface area (Å²) in [6.45, 7) is 0.332. The maximum atomic E-state index is 13.4. The zero-order valence-electron chi connectivity index (χ0n) is 21.6. The smallest absolute Gasteiger partial charge is 0.335 e. The SMILES string of the molecule is COc1cc(C(Nc2ccc(/C(N)=N\O)cc2)C(=O)NCc2ccccc2)ccc1Oc1cccc(C(=O)O)c1. The van der Waals surface area contributed by atoms with E-state index in [9.17, 15) is 14.7 Å². The van der Waals surface area contributed by atoms with E-state index < -0.39 is 12.0 Å². The summed E-state index contributed by atoms with van der Waals surface area (Å²) in [4.78, 5) is 24.8. The van der Waals surface area contributed by atoms with Crippen molar-refractivity contribution < 1.29 is 29.4 Å². The minimum absolute atomic E-state index is 0.0297. The number of nitrogens with two attached hydrogens (primary N) is 1. The molecular formula is C30H28N4O6. The van der Waals surface area contributed by atoms with Crippen LogP contribution in [0.1, 0.15) is 33.1 Å². The van der Waals surface area contributed by atoms with E-state index >= 15 is 0 Å². The Labute approximate surface area is 230 Å². The molecule has 4 aromatic rings. The summed E-state index contributed by atoms with van der Waals surface area (Å²) >= 11 is 0. The number of carbonyl (C=O) groups is 2. The number of hydrogen-bond acceptors (Lipinski definition) is 7. The molecule has 0 aliphatic carbocycles. The first kappa shape index (κ1) is 27.5. The number of anilines is 1. The number of benzene rings is 4. The normalized spacial score (nSPS) is 11.8. The largest absolute Gasteiger partial charge is 0.493 e. The lowest BCUT2D eigenvalue weighted by atomic mass is 10.0. The predicted molar refractivity (Wildman–Crippen MR) is 150 cm³/mol. The van der Waals surface area contributed by atoms with Gasteiger partial charge in [0.1, 0.15) is 11.8 Å². The number of nitrogens with one attached hydrogen (secondary N) is 2. The van der Waals surface area contributed by atoms with E-state index in [2.05, 4.69) is 15.8 Å². The van der Waals surface area contributed by atoms with Gasteiger partial charge in [-0.05, 0) is 65.7 Å². The van der Waals surface area contributed by atoms with Gasteiger partial charge < -0.3 is 36.2 Å². The molecule has 0 radical (unpaired) electrons. The number of carbonyl (C=O) groups excluding carboxylic acids is 1. The highest BCUT2D eigenvalue weighted by Gasteiger charge is 2.23. The molecule has 4 aromatic carbocycles. The van der Waals surface area contributed by atoms with Gasteiger partial charge in [-0.25, -0.2) is 4.79 Å². The Balaban J connectivity index is 1.62. The van der Waals surface area contributed by atoms with Crippen LogP contribution in [0, 0.1) is 0 Å². The van der Waals surface area contributed by atoms with Crippen LogP contribution >= 0.6 is 0 Å². The molecule has 1 atom stereocenters. The van der Waals surface area contributed by atoms with Crippen LogP contribution in [0.4, 0.5) is 5.69 Å². The summed E-state index contributed by atoms with van der Waals surface area (Å²) in [6, 6.07) is 26.7. The molecule has 0 aliphatic heterocycles. The molecule has 0 spiro atoms. The average molecular weight is 541 g/mol. The van der Waals surface area contributed by atoms with E-state index in [4.69, 9.17) is 20.4 Å². The van der Waals surface area contributed by atoms with Crippen LogP contribution in [0.3, 0.4) is 0 Å². The molecule has 0 aliphatic rings. The molecule has 10 nitrogen and oxygen atoms in total. The van der Waals surface area contributed by atoms with Crippen molar-refractivity contribution in [3.8, 4) is 17.2 Å². The Morgan fingerprint density at radius 3 is 2.33 bits per heavy atom. The molecule has 6 N–H and O–H groups in total. The molecule has 40 heavy (non-hydrogen) atoms. The van der Waals surface area contributed by atoms with Gasteiger partial charge in [0.2, 0.25) is 5.91 Å². The Morgan fingerprint density at radius 2 is 1.65 bits per heavy atom. The quantitative estimate of drug-likeness (QED) is 0.0790. The van der Waals surface area contributed by atoms with Crippen LogP contribution in [0.5, 0.6) is 17.2 Å². The molecule has 1 unspecified atom stereocenters. The third-order valence-electron chi connectivity index (χ3n) is 6.00. The van der Waals surface area contributed by atoms with Crippen LogP contribution in [-0.2, 0) is 11.3 Å². The third kappa shape index (κ3) is 6.87. The first-order chi connectivity index (χ1) is 19.4. The summed E-state index contributed by atoms with van der Waals surface area (Å²) in [5.74, 6) is -0.356. The topological polar surface area (TPSA) is 156 Å². The lowest BCUT2D eigenvalue weighted by Gasteiger charge is -2.22. The summed E-state index contributed by atoms with van der Waals surface area (Å²) < 4.78 is 11.5. The van der Waals surface area contributed by atoms with Crippen LogP contribution in [0.2, 0.25) is 0 Å². The molecule has 0 saturated heterocycles. The Hall–Kier alpha value is -5.51. The van der Waals surface area contributed by atoms with Gasteiger partial charge in [-0.2, -0.15) is 0 Å². The van der Waals surface area contributed by atoms with Crippen molar-refractivity contribution in [2.45, 2.75) is 12.6 Å². The molecule has 0 fully saturated rings. The average Bonchev–Trinajstić information content (AvgIpc) is 2.99. The number of nitrogens with zero attached hydrogens (tertiary/aromatic N) is 1. The van der Waals surface area contributed by atoms with E-state index in [1.807, 2.05) is 30.3 Å². The van der Waals surface area contributed by atoms with Crippen LogP contribution in [0.15, 0.2) is 102 Å². The fourth-order valence-corrected chi connectivity index (χ4v) is 3.92.